The molecule has 2 amide bonds. The highest BCUT2D eigenvalue weighted by Crippen LogP contribution is 2.23. The molecule has 0 bridgehead atoms. The Morgan fingerprint density at radius 3 is 2.48 bits per heavy atom. The Morgan fingerprint density at radius 2 is 1.79 bits per heavy atom. The first-order valence-corrected chi connectivity index (χ1v) is 10.4. The van der Waals surface area contributed by atoms with Crippen molar-refractivity contribution in [2.24, 2.45) is 5.92 Å². The summed E-state index contributed by atoms with van der Waals surface area (Å²) in [5, 5.41) is 2.96. The van der Waals surface area contributed by atoms with Crippen LogP contribution in [0.1, 0.15) is 48.7 Å². The third kappa shape index (κ3) is 5.67. The number of likely N-dealkylation sites (tertiary alicyclic amines) is 1. The second-order valence-corrected chi connectivity index (χ2v) is 8.10. The van der Waals surface area contributed by atoms with Crippen LogP contribution in [0.4, 0.5) is 5.69 Å². The van der Waals surface area contributed by atoms with Gasteiger partial charge in [-0.3, -0.25) is 14.5 Å². The zero-order chi connectivity index (χ0) is 20.8. The minimum atomic E-state index is -0.127. The van der Waals surface area contributed by atoms with Crippen LogP contribution in [-0.2, 0) is 4.79 Å². The molecule has 1 aliphatic heterocycles. The summed E-state index contributed by atoms with van der Waals surface area (Å²) < 4.78 is 0. The number of anilines is 1. The summed E-state index contributed by atoms with van der Waals surface area (Å²) in [5.41, 5.74) is 2.45. The molecule has 3 rings (SSSR count). The van der Waals surface area contributed by atoms with E-state index in [1.165, 1.54) is 0 Å². The number of likely N-dealkylation sites (N-methyl/N-ethyl adjacent to an activating group) is 1. The molecule has 0 saturated carbocycles. The van der Waals surface area contributed by atoms with E-state index >= 15 is 0 Å². The zero-order valence-electron chi connectivity index (χ0n) is 17.6. The quantitative estimate of drug-likeness (QED) is 0.801. The average molecular weight is 394 g/mol. The number of rotatable bonds is 6. The maximum atomic E-state index is 12.6. The lowest BCUT2D eigenvalue weighted by Crippen LogP contribution is -2.43. The largest absolute Gasteiger partial charge is 0.342 e. The number of nitrogens with one attached hydrogen (secondary N) is 1. The number of hydrogen-bond acceptors (Lipinski definition) is 3. The van der Waals surface area contributed by atoms with Gasteiger partial charge >= 0.3 is 0 Å². The lowest BCUT2D eigenvalue weighted by molar-refractivity contribution is -0.133. The Labute approximate surface area is 173 Å². The highest BCUT2D eigenvalue weighted by molar-refractivity contribution is 6.04. The maximum absolute atomic E-state index is 12.6. The van der Waals surface area contributed by atoms with E-state index in [9.17, 15) is 9.59 Å². The van der Waals surface area contributed by atoms with Gasteiger partial charge in [0.1, 0.15) is 0 Å². The Hall–Kier alpha value is -2.66. The van der Waals surface area contributed by atoms with Gasteiger partial charge in [0.2, 0.25) is 5.91 Å². The van der Waals surface area contributed by atoms with Crippen molar-refractivity contribution in [3.63, 3.8) is 0 Å². The third-order valence-corrected chi connectivity index (χ3v) is 5.85. The molecule has 1 atom stereocenters. The predicted molar refractivity (Wildman–Crippen MR) is 117 cm³/mol. The molecule has 154 valence electrons. The first-order valence-electron chi connectivity index (χ1n) is 10.4. The topological polar surface area (TPSA) is 52.7 Å². The first-order chi connectivity index (χ1) is 13.9. The van der Waals surface area contributed by atoms with E-state index in [1.54, 1.807) is 12.1 Å². The van der Waals surface area contributed by atoms with Crippen molar-refractivity contribution in [2.75, 3.05) is 32.0 Å². The van der Waals surface area contributed by atoms with Crippen LogP contribution in [0.3, 0.4) is 0 Å². The predicted octanol–water partition coefficient (Wildman–Crippen LogP) is 4.19. The maximum Gasteiger partial charge on any atom is 0.255 e. The smallest absolute Gasteiger partial charge is 0.255 e. The van der Waals surface area contributed by atoms with Crippen LogP contribution in [0.15, 0.2) is 54.6 Å². The second-order valence-electron chi connectivity index (χ2n) is 8.10. The third-order valence-electron chi connectivity index (χ3n) is 5.85. The summed E-state index contributed by atoms with van der Waals surface area (Å²) in [6.45, 7) is 6.46. The van der Waals surface area contributed by atoms with Gasteiger partial charge < -0.3 is 10.2 Å². The summed E-state index contributed by atoms with van der Waals surface area (Å²) >= 11 is 0. The van der Waals surface area contributed by atoms with Gasteiger partial charge in [0, 0.05) is 30.4 Å². The van der Waals surface area contributed by atoms with Crippen LogP contribution in [-0.4, -0.2) is 48.3 Å². The van der Waals surface area contributed by atoms with Crippen LogP contribution in [0.25, 0.3) is 0 Å². The Bertz CT molecular complexity index is 829. The molecule has 0 aliphatic carbocycles. The van der Waals surface area contributed by atoms with Gasteiger partial charge in [0.15, 0.2) is 0 Å². The molecule has 2 aromatic rings. The molecular formula is C24H31N3O2. The molecule has 0 unspecified atom stereocenters. The highest BCUT2D eigenvalue weighted by Gasteiger charge is 2.23. The lowest BCUT2D eigenvalue weighted by Gasteiger charge is -2.33. The van der Waals surface area contributed by atoms with Gasteiger partial charge in [-0.1, -0.05) is 37.3 Å². The van der Waals surface area contributed by atoms with Crippen molar-refractivity contribution in [2.45, 2.75) is 32.7 Å². The van der Waals surface area contributed by atoms with Gasteiger partial charge in [-0.2, -0.15) is 0 Å². The van der Waals surface area contributed by atoms with Crippen molar-refractivity contribution in [1.82, 2.24) is 9.80 Å². The highest BCUT2D eigenvalue weighted by atomic mass is 16.2. The SMILES string of the molecule is CC1CCN(C(=O)CN(C)[C@H](C)c2cccc(NC(=O)c3ccccc3)c2)CC1. The van der Waals surface area contributed by atoms with Crippen molar-refractivity contribution >= 4 is 17.5 Å². The van der Waals surface area contributed by atoms with E-state index in [4.69, 9.17) is 0 Å². The lowest BCUT2D eigenvalue weighted by atomic mass is 9.99. The number of nitrogens with zero attached hydrogens (tertiary/aromatic N) is 2. The number of carbonyl (C=O) groups is 2. The number of piperidine rings is 1. The number of hydrogen-bond donors (Lipinski definition) is 1. The fraction of sp³-hybridized carbons (Fsp3) is 0.417. The molecule has 0 aromatic heterocycles. The molecule has 1 aliphatic rings. The van der Waals surface area contributed by atoms with E-state index in [0.717, 1.165) is 37.2 Å². The van der Waals surface area contributed by atoms with E-state index in [2.05, 4.69) is 24.1 Å². The fourth-order valence-electron chi connectivity index (χ4n) is 3.63. The van der Waals surface area contributed by atoms with Crippen molar-refractivity contribution in [1.29, 1.82) is 0 Å². The summed E-state index contributed by atoms with van der Waals surface area (Å²) in [5.74, 6) is 0.780. The summed E-state index contributed by atoms with van der Waals surface area (Å²) in [7, 11) is 1.98. The standard InChI is InChI=1S/C24H31N3O2/c1-18-12-14-27(15-13-18)23(28)17-26(3)19(2)21-10-7-11-22(16-21)25-24(29)20-8-5-4-6-9-20/h4-11,16,18-19H,12-15,17H2,1-3H3,(H,25,29)/t19-/m1/s1. The molecule has 1 saturated heterocycles. The number of amides is 2. The summed E-state index contributed by atoms with van der Waals surface area (Å²) in [6.07, 6.45) is 2.18. The van der Waals surface area contributed by atoms with Crippen molar-refractivity contribution in [3.05, 3.63) is 65.7 Å². The molecule has 1 fully saturated rings. The second kappa shape index (κ2) is 9.70. The zero-order valence-corrected chi connectivity index (χ0v) is 17.6. The molecule has 0 radical (unpaired) electrons. The Balaban J connectivity index is 1.60. The minimum absolute atomic E-state index is 0.0660. The average Bonchev–Trinajstić information content (AvgIpc) is 2.74. The minimum Gasteiger partial charge on any atom is -0.342 e. The molecule has 0 spiro atoms. The van der Waals surface area contributed by atoms with Crippen LogP contribution < -0.4 is 5.32 Å². The monoisotopic (exact) mass is 393 g/mol. The van der Waals surface area contributed by atoms with Gasteiger partial charge in [0.25, 0.3) is 5.91 Å². The molecule has 5 heteroatoms. The molecule has 2 aromatic carbocycles. The molecule has 29 heavy (non-hydrogen) atoms. The van der Waals surface area contributed by atoms with E-state index in [-0.39, 0.29) is 17.9 Å². The van der Waals surface area contributed by atoms with Crippen LogP contribution in [0.5, 0.6) is 0 Å². The first kappa shape index (κ1) is 21.1. The fourth-order valence-corrected chi connectivity index (χ4v) is 3.63. The van der Waals surface area contributed by atoms with Crippen LogP contribution >= 0.6 is 0 Å². The summed E-state index contributed by atoms with van der Waals surface area (Å²) in [4.78, 5) is 29.1. The molecule has 5 nitrogen and oxygen atoms in total. The van der Waals surface area contributed by atoms with Gasteiger partial charge in [-0.25, -0.2) is 0 Å². The Morgan fingerprint density at radius 1 is 1.10 bits per heavy atom. The van der Waals surface area contributed by atoms with Gasteiger partial charge in [-0.15, -0.1) is 0 Å². The van der Waals surface area contributed by atoms with E-state index < -0.39 is 0 Å². The number of carbonyl (C=O) groups excluding carboxylic acids is 2. The van der Waals surface area contributed by atoms with Gasteiger partial charge in [-0.05, 0) is 62.6 Å². The summed E-state index contributed by atoms with van der Waals surface area (Å²) in [6, 6.07) is 17.1. The van der Waals surface area contributed by atoms with Crippen molar-refractivity contribution in [3.8, 4) is 0 Å². The molecular weight excluding hydrogens is 362 g/mol. The van der Waals surface area contributed by atoms with E-state index in [0.29, 0.717) is 18.0 Å². The van der Waals surface area contributed by atoms with Crippen LogP contribution in [0, 0.1) is 5.92 Å². The Kier molecular flexibility index (Phi) is 7.04. The van der Waals surface area contributed by atoms with Gasteiger partial charge in [0.05, 0.1) is 6.54 Å². The van der Waals surface area contributed by atoms with Crippen LogP contribution in [0.2, 0.25) is 0 Å². The van der Waals surface area contributed by atoms with Crippen molar-refractivity contribution < 1.29 is 9.59 Å². The molecule has 1 N–H and O–H groups in total. The normalized spacial score (nSPS) is 15.9. The molecule has 1 heterocycles. The number of benzene rings is 2. The van der Waals surface area contributed by atoms with E-state index in [1.807, 2.05) is 54.4 Å².